The molecular weight excluding hydrogens is 258 g/mol. The van der Waals surface area contributed by atoms with Gasteiger partial charge in [-0.2, -0.15) is 0 Å². The molecule has 0 amide bonds. The van der Waals surface area contributed by atoms with Crippen LogP contribution in [-0.4, -0.2) is 35.1 Å². The fraction of sp³-hybridized carbons (Fsp3) is 0.722. The first-order valence-electron chi connectivity index (χ1n) is 8.54. The third kappa shape index (κ3) is 4.27. The smallest absolute Gasteiger partial charge is 0.0517 e. The number of aromatic nitrogens is 1. The quantitative estimate of drug-likeness (QED) is 0.864. The van der Waals surface area contributed by atoms with Crippen molar-refractivity contribution in [2.75, 3.05) is 19.6 Å². The van der Waals surface area contributed by atoms with Gasteiger partial charge in [0, 0.05) is 17.9 Å². The van der Waals surface area contributed by atoms with E-state index < -0.39 is 0 Å². The molecule has 21 heavy (non-hydrogen) atoms. The number of likely N-dealkylation sites (tertiary alicyclic amines) is 1. The van der Waals surface area contributed by atoms with Gasteiger partial charge in [-0.25, -0.2) is 0 Å². The summed E-state index contributed by atoms with van der Waals surface area (Å²) in [5, 5.41) is 3.76. The van der Waals surface area contributed by atoms with E-state index in [0.717, 1.165) is 13.0 Å². The van der Waals surface area contributed by atoms with Crippen LogP contribution >= 0.6 is 0 Å². The maximum atomic E-state index is 4.33. The molecular formula is C18H31N3. The third-order valence-electron chi connectivity index (χ3n) is 4.74. The average Bonchev–Trinajstić information content (AvgIpc) is 2.78. The zero-order valence-corrected chi connectivity index (χ0v) is 13.9. The fourth-order valence-electron chi connectivity index (χ4n) is 3.44. The highest BCUT2D eigenvalue weighted by atomic mass is 15.2. The van der Waals surface area contributed by atoms with Gasteiger partial charge in [0.2, 0.25) is 0 Å². The zero-order chi connectivity index (χ0) is 15.1. The Balaban J connectivity index is 2.20. The molecule has 0 saturated carbocycles. The van der Waals surface area contributed by atoms with Gasteiger partial charge in [0.15, 0.2) is 0 Å². The Bertz CT molecular complexity index is 394. The van der Waals surface area contributed by atoms with Gasteiger partial charge >= 0.3 is 0 Å². The molecule has 1 fully saturated rings. The molecule has 118 valence electrons. The second-order valence-electron chi connectivity index (χ2n) is 6.73. The summed E-state index contributed by atoms with van der Waals surface area (Å²) >= 11 is 0. The van der Waals surface area contributed by atoms with E-state index in [1.54, 1.807) is 0 Å². The summed E-state index contributed by atoms with van der Waals surface area (Å²) in [5.74, 6) is 0. The normalized spacial score (nSPS) is 19.2. The highest BCUT2D eigenvalue weighted by Crippen LogP contribution is 2.32. The molecule has 1 aliphatic rings. The van der Waals surface area contributed by atoms with Gasteiger partial charge in [0.25, 0.3) is 0 Å². The minimum absolute atomic E-state index is 0.114. The van der Waals surface area contributed by atoms with Gasteiger partial charge in [0.05, 0.1) is 6.04 Å². The summed E-state index contributed by atoms with van der Waals surface area (Å²) in [7, 11) is 0. The average molecular weight is 289 g/mol. The third-order valence-corrected chi connectivity index (χ3v) is 4.74. The summed E-state index contributed by atoms with van der Waals surface area (Å²) in [6.45, 7) is 10.5. The molecule has 3 nitrogen and oxygen atoms in total. The maximum Gasteiger partial charge on any atom is 0.0517 e. The van der Waals surface area contributed by atoms with Crippen LogP contribution < -0.4 is 5.32 Å². The van der Waals surface area contributed by atoms with Crippen molar-refractivity contribution < 1.29 is 0 Å². The van der Waals surface area contributed by atoms with Crippen molar-refractivity contribution in [2.45, 2.75) is 64.5 Å². The number of nitrogens with zero attached hydrogens (tertiary/aromatic N) is 2. The van der Waals surface area contributed by atoms with Crippen LogP contribution in [0.25, 0.3) is 0 Å². The molecule has 0 bridgehead atoms. The highest BCUT2D eigenvalue weighted by molar-refractivity contribution is 5.19. The number of pyridine rings is 1. The van der Waals surface area contributed by atoms with Crippen molar-refractivity contribution in [2.24, 2.45) is 0 Å². The van der Waals surface area contributed by atoms with Crippen molar-refractivity contribution in [3.8, 4) is 0 Å². The molecule has 3 heteroatoms. The number of hydrogen-bond acceptors (Lipinski definition) is 3. The molecule has 1 saturated heterocycles. The molecule has 0 spiro atoms. The van der Waals surface area contributed by atoms with Crippen LogP contribution in [0.5, 0.6) is 0 Å². The summed E-state index contributed by atoms with van der Waals surface area (Å²) in [4.78, 5) is 7.01. The SMILES string of the molecule is CCCNC(c1cccnc1)C(C)(C)N1CCCCCC1. The van der Waals surface area contributed by atoms with E-state index >= 15 is 0 Å². The van der Waals surface area contributed by atoms with E-state index in [2.05, 4.69) is 48.1 Å². The van der Waals surface area contributed by atoms with Crippen LogP contribution in [0.2, 0.25) is 0 Å². The number of rotatable bonds is 6. The van der Waals surface area contributed by atoms with Crippen molar-refractivity contribution in [3.63, 3.8) is 0 Å². The van der Waals surface area contributed by atoms with Crippen LogP contribution in [0, 0.1) is 0 Å². The fourth-order valence-corrected chi connectivity index (χ4v) is 3.44. The first-order valence-corrected chi connectivity index (χ1v) is 8.54. The molecule has 1 unspecified atom stereocenters. The molecule has 0 aliphatic carbocycles. The van der Waals surface area contributed by atoms with E-state index in [4.69, 9.17) is 0 Å². The van der Waals surface area contributed by atoms with Crippen molar-refractivity contribution in [3.05, 3.63) is 30.1 Å². The van der Waals surface area contributed by atoms with Gasteiger partial charge in [-0.3, -0.25) is 9.88 Å². The van der Waals surface area contributed by atoms with Crippen LogP contribution in [0.1, 0.15) is 64.5 Å². The Morgan fingerprint density at radius 2 is 1.95 bits per heavy atom. The Labute approximate surface area is 130 Å². The molecule has 1 aliphatic heterocycles. The lowest BCUT2D eigenvalue weighted by Crippen LogP contribution is -2.53. The second-order valence-corrected chi connectivity index (χ2v) is 6.73. The second kappa shape index (κ2) is 7.90. The lowest BCUT2D eigenvalue weighted by atomic mass is 9.87. The van der Waals surface area contributed by atoms with E-state index in [9.17, 15) is 0 Å². The summed E-state index contributed by atoms with van der Waals surface area (Å²) in [5.41, 5.74) is 1.42. The van der Waals surface area contributed by atoms with Crippen molar-refractivity contribution in [1.29, 1.82) is 0 Å². The minimum atomic E-state index is 0.114. The van der Waals surface area contributed by atoms with Gasteiger partial charge in [-0.05, 0) is 64.4 Å². The van der Waals surface area contributed by atoms with Crippen LogP contribution in [-0.2, 0) is 0 Å². The summed E-state index contributed by atoms with van der Waals surface area (Å²) in [6, 6.07) is 4.60. The Hall–Kier alpha value is -0.930. The minimum Gasteiger partial charge on any atom is -0.308 e. The lowest BCUT2D eigenvalue weighted by Gasteiger charge is -2.44. The Morgan fingerprint density at radius 1 is 1.24 bits per heavy atom. The van der Waals surface area contributed by atoms with Gasteiger partial charge in [-0.1, -0.05) is 25.8 Å². The molecule has 2 heterocycles. The van der Waals surface area contributed by atoms with Gasteiger partial charge in [0.1, 0.15) is 0 Å². The largest absolute Gasteiger partial charge is 0.308 e. The lowest BCUT2D eigenvalue weighted by molar-refractivity contribution is 0.0832. The zero-order valence-electron chi connectivity index (χ0n) is 13.9. The Morgan fingerprint density at radius 3 is 2.52 bits per heavy atom. The van der Waals surface area contributed by atoms with Crippen molar-refractivity contribution >= 4 is 0 Å². The summed E-state index contributed by atoms with van der Waals surface area (Å²) in [6.07, 6.45) is 10.5. The predicted octanol–water partition coefficient (Wildman–Crippen LogP) is 3.78. The topological polar surface area (TPSA) is 28.2 Å². The van der Waals surface area contributed by atoms with E-state index in [0.29, 0.717) is 6.04 Å². The standard InChI is InChI=1S/C18H31N3/c1-4-11-20-17(16-10-9-12-19-15-16)18(2,3)21-13-7-5-6-8-14-21/h9-10,12,15,17,20H,4-8,11,13-14H2,1-3H3. The molecule has 2 rings (SSSR count). The number of nitrogens with one attached hydrogen (secondary N) is 1. The Kier molecular flexibility index (Phi) is 6.19. The maximum absolute atomic E-state index is 4.33. The van der Waals surface area contributed by atoms with E-state index in [1.807, 2.05) is 12.4 Å². The monoisotopic (exact) mass is 289 g/mol. The molecule has 1 aromatic rings. The molecule has 1 aromatic heterocycles. The first-order chi connectivity index (χ1) is 10.2. The molecule has 1 atom stereocenters. The predicted molar refractivity (Wildman–Crippen MR) is 89.4 cm³/mol. The van der Waals surface area contributed by atoms with Gasteiger partial charge < -0.3 is 5.32 Å². The molecule has 1 N–H and O–H groups in total. The van der Waals surface area contributed by atoms with E-state index in [-0.39, 0.29) is 5.54 Å². The van der Waals surface area contributed by atoms with Crippen LogP contribution in [0.15, 0.2) is 24.5 Å². The van der Waals surface area contributed by atoms with Gasteiger partial charge in [-0.15, -0.1) is 0 Å². The molecule has 0 aromatic carbocycles. The summed E-state index contributed by atoms with van der Waals surface area (Å²) < 4.78 is 0. The van der Waals surface area contributed by atoms with E-state index in [1.165, 1.54) is 44.3 Å². The molecule has 0 radical (unpaired) electrons. The van der Waals surface area contributed by atoms with Crippen LogP contribution in [0.4, 0.5) is 0 Å². The first kappa shape index (κ1) is 16.4. The van der Waals surface area contributed by atoms with Crippen LogP contribution in [0.3, 0.4) is 0 Å². The highest BCUT2D eigenvalue weighted by Gasteiger charge is 2.36. The van der Waals surface area contributed by atoms with Crippen molar-refractivity contribution in [1.82, 2.24) is 15.2 Å². The number of hydrogen-bond donors (Lipinski definition) is 1.